The lowest BCUT2D eigenvalue weighted by Crippen LogP contribution is -2.35. The highest BCUT2D eigenvalue weighted by molar-refractivity contribution is 6.01. The monoisotopic (exact) mass is 576 g/mol. The quantitative estimate of drug-likeness (QED) is 0.320. The summed E-state index contributed by atoms with van der Waals surface area (Å²) in [5, 5.41) is 19.2. The molecule has 3 aliphatic heterocycles. The van der Waals surface area contributed by atoms with Crippen LogP contribution in [0.25, 0.3) is 22.0 Å². The first kappa shape index (κ1) is 26.0. The highest BCUT2D eigenvalue weighted by Crippen LogP contribution is 2.52. The number of hydrogen-bond donors (Lipinski definition) is 2. The molecule has 3 saturated heterocycles. The van der Waals surface area contributed by atoms with Gasteiger partial charge in [0.15, 0.2) is 0 Å². The molecule has 4 unspecified atom stereocenters. The number of rotatable bonds is 7. The van der Waals surface area contributed by atoms with Crippen LogP contribution in [0.5, 0.6) is 11.8 Å². The van der Waals surface area contributed by atoms with Gasteiger partial charge in [0.1, 0.15) is 30.8 Å². The minimum Gasteiger partial charge on any atom is -0.508 e. The van der Waals surface area contributed by atoms with E-state index in [4.69, 9.17) is 21.1 Å². The number of terminal acetylenes is 1. The van der Waals surface area contributed by atoms with Gasteiger partial charge in [-0.05, 0) is 66.6 Å². The average Bonchev–Trinajstić information content (AvgIpc) is 3.67. The first-order chi connectivity index (χ1) is 21.0. The minimum absolute atomic E-state index is 0.146. The van der Waals surface area contributed by atoms with E-state index < -0.39 is 0 Å². The Morgan fingerprint density at radius 3 is 2.79 bits per heavy atom. The summed E-state index contributed by atoms with van der Waals surface area (Å²) in [4.78, 5) is 30.7. The molecule has 1 saturated carbocycles. The highest BCUT2D eigenvalue weighted by Gasteiger charge is 2.55. The number of fused-ring (bicyclic) bond motifs is 4. The largest absolute Gasteiger partial charge is 0.508 e. The maximum Gasteiger partial charge on any atom is 0.343 e. The SMILES string of the molecule is C#Cc1cccc2cc(O)cc(-c3cc(N4CC5C(CNC(=O)n6cncn6)C5C4)nc(OC[C@@H]4CC5CCN4C5)n3)c12. The molecule has 4 aromatic rings. The number of carbonyl (C=O) groups excluding carboxylic acids is 1. The summed E-state index contributed by atoms with van der Waals surface area (Å²) >= 11 is 0. The molecule has 218 valence electrons. The van der Waals surface area contributed by atoms with Crippen molar-refractivity contribution >= 4 is 22.6 Å². The average molecular weight is 577 g/mol. The standard InChI is InChI=1S/C32H32N8O3/c1-2-20-4-3-5-21-9-23(41)10-24(30(20)21)28-11-29(37-31(36-28)43-16-22-8-19-6-7-38(22)13-19)39-14-26-25(27(26)15-39)12-34-32(42)40-18-33-17-35-40/h1,3-5,9-11,17-19,22,25-27,41H,6-8,12-16H2,(H,34,42)/t19?,22-,25?,26?,27?/m0/s1. The molecule has 1 amide bonds. The number of ether oxygens (including phenoxy) is 1. The van der Waals surface area contributed by atoms with Gasteiger partial charge >= 0.3 is 12.0 Å². The molecule has 2 aromatic carbocycles. The molecule has 0 spiro atoms. The van der Waals surface area contributed by atoms with Crippen molar-refractivity contribution in [3.8, 4) is 35.4 Å². The molecule has 11 nitrogen and oxygen atoms in total. The zero-order chi connectivity index (χ0) is 29.1. The fraction of sp³-hybridized carbons (Fsp3) is 0.406. The molecule has 11 heteroatoms. The summed E-state index contributed by atoms with van der Waals surface area (Å²) in [6.07, 6.45) is 11.1. The number of carbonyl (C=O) groups is 1. The van der Waals surface area contributed by atoms with E-state index in [-0.39, 0.29) is 11.8 Å². The molecule has 4 fully saturated rings. The zero-order valence-electron chi connectivity index (χ0n) is 23.6. The molecular formula is C32H32N8O3. The van der Waals surface area contributed by atoms with E-state index in [0.29, 0.717) is 48.7 Å². The highest BCUT2D eigenvalue weighted by atomic mass is 16.5. The number of hydrogen-bond acceptors (Lipinski definition) is 9. The Bertz CT molecular complexity index is 1740. The van der Waals surface area contributed by atoms with Crippen LogP contribution in [0.15, 0.2) is 49.1 Å². The lowest BCUT2D eigenvalue weighted by Gasteiger charge is -2.25. The lowest BCUT2D eigenvalue weighted by atomic mass is 9.97. The number of aromatic nitrogens is 5. The second-order valence-electron chi connectivity index (χ2n) is 12.2. The minimum atomic E-state index is -0.266. The van der Waals surface area contributed by atoms with E-state index in [1.54, 1.807) is 12.1 Å². The number of anilines is 1. The summed E-state index contributed by atoms with van der Waals surface area (Å²) in [7, 11) is 0. The normalized spacial score (nSPS) is 26.8. The Morgan fingerprint density at radius 2 is 2.05 bits per heavy atom. The third-order valence-electron chi connectivity index (χ3n) is 9.74. The van der Waals surface area contributed by atoms with E-state index in [2.05, 4.69) is 31.1 Å². The number of aromatic hydroxyl groups is 1. The van der Waals surface area contributed by atoms with E-state index >= 15 is 0 Å². The first-order valence-corrected chi connectivity index (χ1v) is 14.9. The zero-order valence-corrected chi connectivity index (χ0v) is 23.6. The predicted octanol–water partition coefficient (Wildman–Crippen LogP) is 2.99. The lowest BCUT2D eigenvalue weighted by molar-refractivity contribution is 0.163. The Labute approximate surface area is 248 Å². The summed E-state index contributed by atoms with van der Waals surface area (Å²) in [5.74, 6) is 5.85. The number of phenolic OH excluding ortho intramolecular Hbond substituents is 1. The van der Waals surface area contributed by atoms with Crippen molar-refractivity contribution in [3.05, 3.63) is 54.6 Å². The Kier molecular flexibility index (Phi) is 6.19. The molecule has 5 atom stereocenters. The van der Waals surface area contributed by atoms with Gasteiger partial charge in [-0.1, -0.05) is 18.1 Å². The molecule has 5 heterocycles. The van der Waals surface area contributed by atoms with Crippen molar-refractivity contribution in [2.75, 3.05) is 44.2 Å². The predicted molar refractivity (Wildman–Crippen MR) is 160 cm³/mol. The number of amides is 1. The van der Waals surface area contributed by atoms with Crippen LogP contribution in [0.4, 0.5) is 10.6 Å². The number of phenols is 1. The van der Waals surface area contributed by atoms with Crippen molar-refractivity contribution in [3.63, 3.8) is 0 Å². The second kappa shape index (κ2) is 10.2. The maximum absolute atomic E-state index is 12.3. The number of nitrogens with one attached hydrogen (secondary N) is 1. The van der Waals surface area contributed by atoms with Gasteiger partial charge in [0.2, 0.25) is 0 Å². The van der Waals surface area contributed by atoms with Crippen LogP contribution in [0, 0.1) is 36.0 Å². The van der Waals surface area contributed by atoms with Crippen molar-refractivity contribution in [1.29, 1.82) is 0 Å². The molecular weight excluding hydrogens is 544 g/mol. The Morgan fingerprint density at radius 1 is 1.16 bits per heavy atom. The fourth-order valence-electron chi connectivity index (χ4n) is 7.51. The van der Waals surface area contributed by atoms with Gasteiger partial charge < -0.3 is 20.1 Å². The molecule has 2 aromatic heterocycles. The fourth-order valence-corrected chi connectivity index (χ4v) is 7.51. The van der Waals surface area contributed by atoms with Crippen molar-refractivity contribution in [2.24, 2.45) is 23.7 Å². The molecule has 2 N–H and O–H groups in total. The number of piperidine rings is 2. The van der Waals surface area contributed by atoms with Crippen LogP contribution < -0.4 is 15.0 Å². The van der Waals surface area contributed by atoms with Gasteiger partial charge in [-0.25, -0.2) is 9.78 Å². The van der Waals surface area contributed by atoms with Crippen LogP contribution in [-0.2, 0) is 0 Å². The van der Waals surface area contributed by atoms with Crippen molar-refractivity contribution in [2.45, 2.75) is 18.9 Å². The molecule has 4 aliphatic rings. The summed E-state index contributed by atoms with van der Waals surface area (Å²) in [6, 6.07) is 11.6. The van der Waals surface area contributed by atoms with E-state index in [9.17, 15) is 9.90 Å². The van der Waals surface area contributed by atoms with E-state index in [0.717, 1.165) is 66.2 Å². The van der Waals surface area contributed by atoms with Crippen LogP contribution >= 0.6 is 0 Å². The van der Waals surface area contributed by atoms with Gasteiger partial charge in [0.05, 0.1) is 5.69 Å². The van der Waals surface area contributed by atoms with Gasteiger partial charge in [-0.15, -0.1) is 6.42 Å². The van der Waals surface area contributed by atoms with Crippen LogP contribution in [0.1, 0.15) is 18.4 Å². The van der Waals surface area contributed by atoms with Crippen molar-refractivity contribution in [1.82, 2.24) is 34.9 Å². The molecule has 0 radical (unpaired) electrons. The topological polar surface area (TPSA) is 122 Å². The third kappa shape index (κ3) is 4.72. The van der Waals surface area contributed by atoms with E-state index in [1.165, 1.54) is 23.8 Å². The summed E-state index contributed by atoms with van der Waals surface area (Å²) in [5.41, 5.74) is 2.15. The van der Waals surface area contributed by atoms with Crippen LogP contribution in [-0.4, -0.2) is 86.1 Å². The maximum atomic E-state index is 12.3. The molecule has 2 bridgehead atoms. The molecule has 43 heavy (non-hydrogen) atoms. The second-order valence-corrected chi connectivity index (χ2v) is 12.2. The van der Waals surface area contributed by atoms with Gasteiger partial charge in [0.25, 0.3) is 0 Å². The van der Waals surface area contributed by atoms with Gasteiger partial charge in [0, 0.05) is 54.8 Å². The number of benzene rings is 2. The molecule has 8 rings (SSSR count). The number of nitrogens with zero attached hydrogens (tertiary/aromatic N) is 7. The summed E-state index contributed by atoms with van der Waals surface area (Å²) < 4.78 is 7.52. The van der Waals surface area contributed by atoms with Crippen LogP contribution in [0.2, 0.25) is 0 Å². The Balaban J connectivity index is 1.06. The van der Waals surface area contributed by atoms with Gasteiger partial charge in [-0.3, -0.25) is 4.90 Å². The van der Waals surface area contributed by atoms with Crippen LogP contribution in [0.3, 0.4) is 0 Å². The third-order valence-corrected chi connectivity index (χ3v) is 9.74. The Hall–Kier alpha value is -4.69. The first-order valence-electron chi connectivity index (χ1n) is 14.9. The smallest absolute Gasteiger partial charge is 0.343 e. The molecule has 1 aliphatic carbocycles. The van der Waals surface area contributed by atoms with E-state index in [1.807, 2.05) is 24.3 Å². The van der Waals surface area contributed by atoms with Crippen molar-refractivity contribution < 1.29 is 14.6 Å². The summed E-state index contributed by atoms with van der Waals surface area (Å²) in [6.45, 7) is 5.11. The van der Waals surface area contributed by atoms with Gasteiger partial charge in [-0.2, -0.15) is 19.7 Å².